The Hall–Kier alpha value is 0.479. The number of hydrogen-bond acceptors (Lipinski definition) is 1. The molecular formula is C5H13NSe. The molecule has 0 aromatic carbocycles. The summed E-state index contributed by atoms with van der Waals surface area (Å²) in [5.41, 5.74) is 5.49. The summed E-state index contributed by atoms with van der Waals surface area (Å²) < 4.78 is 0. The Kier molecular flexibility index (Phi) is 4.95. The fraction of sp³-hybridized carbons (Fsp3) is 1.00. The van der Waals surface area contributed by atoms with E-state index in [1.165, 1.54) is 10.6 Å². The van der Waals surface area contributed by atoms with Crippen LogP contribution in [0, 0.1) is 0 Å². The van der Waals surface area contributed by atoms with Crippen molar-refractivity contribution >= 4 is 15.0 Å². The molecule has 2 heteroatoms. The topological polar surface area (TPSA) is 26.0 Å². The summed E-state index contributed by atoms with van der Waals surface area (Å²) in [5, 5.41) is 2.57. The van der Waals surface area contributed by atoms with E-state index in [0.29, 0.717) is 6.04 Å². The number of rotatable bonds is 3. The van der Waals surface area contributed by atoms with Crippen molar-refractivity contribution in [3.63, 3.8) is 0 Å². The summed E-state index contributed by atoms with van der Waals surface area (Å²) in [6, 6.07) is 0.431. The van der Waals surface area contributed by atoms with Gasteiger partial charge in [-0.05, 0) is 0 Å². The molecule has 0 amide bonds. The minimum atomic E-state index is 0.431. The van der Waals surface area contributed by atoms with Gasteiger partial charge in [-0.3, -0.25) is 0 Å². The van der Waals surface area contributed by atoms with Crippen LogP contribution in [0.25, 0.3) is 0 Å². The van der Waals surface area contributed by atoms with Gasteiger partial charge in [0.25, 0.3) is 0 Å². The second kappa shape index (κ2) is 4.63. The molecule has 0 aromatic rings. The van der Waals surface area contributed by atoms with Crippen LogP contribution in [-0.2, 0) is 0 Å². The molecule has 1 atom stereocenters. The van der Waals surface area contributed by atoms with Crippen molar-refractivity contribution in [2.45, 2.75) is 30.5 Å². The maximum atomic E-state index is 5.49. The van der Waals surface area contributed by atoms with Crippen LogP contribution < -0.4 is 5.73 Å². The Morgan fingerprint density at radius 3 is 2.43 bits per heavy atom. The zero-order valence-electron chi connectivity index (χ0n) is 4.98. The SMILES string of the molecule is CC[Se]CC(C)N. The molecule has 0 fully saturated rings. The third-order valence-electron chi connectivity index (χ3n) is 0.585. The van der Waals surface area contributed by atoms with Crippen LogP contribution in [-0.4, -0.2) is 21.0 Å². The van der Waals surface area contributed by atoms with Gasteiger partial charge in [0.1, 0.15) is 0 Å². The molecule has 0 saturated heterocycles. The molecule has 0 bridgehead atoms. The third-order valence-corrected chi connectivity index (χ3v) is 3.04. The van der Waals surface area contributed by atoms with Crippen molar-refractivity contribution < 1.29 is 0 Å². The van der Waals surface area contributed by atoms with E-state index >= 15 is 0 Å². The molecule has 0 aliphatic carbocycles. The van der Waals surface area contributed by atoms with Crippen LogP contribution in [0.3, 0.4) is 0 Å². The average molecular weight is 166 g/mol. The van der Waals surface area contributed by atoms with Crippen molar-refractivity contribution in [3.05, 3.63) is 0 Å². The normalized spacial score (nSPS) is 14.1. The molecule has 7 heavy (non-hydrogen) atoms. The number of hydrogen-bond donors (Lipinski definition) is 1. The Morgan fingerprint density at radius 2 is 2.29 bits per heavy atom. The van der Waals surface area contributed by atoms with Crippen LogP contribution in [0.2, 0.25) is 10.6 Å². The van der Waals surface area contributed by atoms with Crippen LogP contribution in [0.1, 0.15) is 13.8 Å². The summed E-state index contributed by atoms with van der Waals surface area (Å²) in [6.45, 7) is 4.28. The first-order valence-electron chi connectivity index (χ1n) is 2.60. The van der Waals surface area contributed by atoms with Gasteiger partial charge < -0.3 is 0 Å². The predicted octanol–water partition coefficient (Wildman–Crippen LogP) is 0.894. The van der Waals surface area contributed by atoms with Crippen molar-refractivity contribution in [1.29, 1.82) is 0 Å². The van der Waals surface area contributed by atoms with Gasteiger partial charge in [-0.2, -0.15) is 0 Å². The van der Waals surface area contributed by atoms with Crippen LogP contribution in [0.15, 0.2) is 0 Å². The second-order valence-corrected chi connectivity index (χ2v) is 4.40. The summed E-state index contributed by atoms with van der Waals surface area (Å²) in [6.07, 6.45) is 0. The van der Waals surface area contributed by atoms with Crippen molar-refractivity contribution in [1.82, 2.24) is 0 Å². The van der Waals surface area contributed by atoms with Gasteiger partial charge in [-0.1, -0.05) is 0 Å². The molecule has 0 radical (unpaired) electrons. The van der Waals surface area contributed by atoms with Crippen molar-refractivity contribution in [2.75, 3.05) is 0 Å². The van der Waals surface area contributed by atoms with E-state index in [2.05, 4.69) is 13.8 Å². The molecule has 44 valence electrons. The zero-order valence-corrected chi connectivity index (χ0v) is 6.69. The fourth-order valence-electron chi connectivity index (χ4n) is 0.304. The Labute approximate surface area is 51.8 Å². The average Bonchev–Trinajstić information content (AvgIpc) is 1.61. The summed E-state index contributed by atoms with van der Waals surface area (Å²) in [5.74, 6) is 0. The summed E-state index contributed by atoms with van der Waals surface area (Å²) in [4.78, 5) is 0. The first-order valence-corrected chi connectivity index (χ1v) is 5.03. The quantitative estimate of drug-likeness (QED) is 0.619. The fourth-order valence-corrected chi connectivity index (χ4v) is 1.58. The van der Waals surface area contributed by atoms with E-state index in [1.807, 2.05) is 0 Å². The van der Waals surface area contributed by atoms with Gasteiger partial charge in [0.2, 0.25) is 0 Å². The molecule has 1 nitrogen and oxygen atoms in total. The van der Waals surface area contributed by atoms with E-state index < -0.39 is 0 Å². The van der Waals surface area contributed by atoms with Crippen molar-refractivity contribution in [2.24, 2.45) is 5.73 Å². The van der Waals surface area contributed by atoms with Crippen LogP contribution in [0.5, 0.6) is 0 Å². The second-order valence-electron chi connectivity index (χ2n) is 1.64. The van der Waals surface area contributed by atoms with Gasteiger partial charge >= 0.3 is 51.2 Å². The van der Waals surface area contributed by atoms with Gasteiger partial charge in [0.15, 0.2) is 0 Å². The monoisotopic (exact) mass is 167 g/mol. The minimum absolute atomic E-state index is 0.431. The van der Waals surface area contributed by atoms with E-state index in [-0.39, 0.29) is 0 Å². The van der Waals surface area contributed by atoms with Crippen LogP contribution in [0.4, 0.5) is 0 Å². The molecular weight excluding hydrogens is 153 g/mol. The molecule has 0 saturated carbocycles. The molecule has 2 N–H and O–H groups in total. The molecule has 0 heterocycles. The molecule has 0 spiro atoms. The number of nitrogens with two attached hydrogens (primary N) is 1. The standard InChI is InChI=1S/C5H13NSe/c1-3-7-4-5(2)6/h5H,3-4,6H2,1-2H3. The first-order chi connectivity index (χ1) is 3.27. The Balaban J connectivity index is 2.68. The molecule has 0 rings (SSSR count). The van der Waals surface area contributed by atoms with Gasteiger partial charge in [-0.15, -0.1) is 0 Å². The Morgan fingerprint density at radius 1 is 1.71 bits per heavy atom. The summed E-state index contributed by atoms with van der Waals surface area (Å²) in [7, 11) is 0. The van der Waals surface area contributed by atoms with Crippen molar-refractivity contribution in [3.8, 4) is 0 Å². The predicted molar refractivity (Wildman–Crippen MR) is 34.7 cm³/mol. The summed E-state index contributed by atoms with van der Waals surface area (Å²) >= 11 is 0.814. The van der Waals surface area contributed by atoms with Crippen LogP contribution >= 0.6 is 0 Å². The van der Waals surface area contributed by atoms with E-state index in [9.17, 15) is 0 Å². The Bertz CT molecular complexity index is 37.1. The first kappa shape index (κ1) is 7.48. The van der Waals surface area contributed by atoms with Gasteiger partial charge in [0, 0.05) is 0 Å². The van der Waals surface area contributed by atoms with E-state index in [0.717, 1.165) is 15.0 Å². The van der Waals surface area contributed by atoms with Gasteiger partial charge in [0.05, 0.1) is 0 Å². The third kappa shape index (κ3) is 6.48. The zero-order chi connectivity index (χ0) is 5.70. The molecule has 0 aromatic heterocycles. The molecule has 0 aliphatic heterocycles. The van der Waals surface area contributed by atoms with E-state index in [1.54, 1.807) is 0 Å². The molecule has 0 aliphatic rings. The molecule has 1 unspecified atom stereocenters. The van der Waals surface area contributed by atoms with Gasteiger partial charge in [-0.25, -0.2) is 0 Å². The maximum absolute atomic E-state index is 5.49. The van der Waals surface area contributed by atoms with E-state index in [4.69, 9.17) is 5.73 Å².